The largest absolute Gasteiger partial charge is 0.328 e. The van der Waals surface area contributed by atoms with Crippen LogP contribution in [-0.2, 0) is 10.2 Å². The molecule has 3 aliphatic rings. The molecule has 6 nitrogen and oxygen atoms in total. The van der Waals surface area contributed by atoms with Crippen LogP contribution in [0.15, 0.2) is 24.5 Å². The third-order valence-corrected chi connectivity index (χ3v) is 6.15. The van der Waals surface area contributed by atoms with Crippen LogP contribution < -0.4 is 5.32 Å². The lowest BCUT2D eigenvalue weighted by Crippen LogP contribution is -2.49. The Hall–Kier alpha value is -2.68. The van der Waals surface area contributed by atoms with E-state index in [9.17, 15) is 18.4 Å². The second kappa shape index (κ2) is 6.41. The number of alkyl halides is 2. The van der Waals surface area contributed by atoms with E-state index < -0.39 is 48.5 Å². The van der Waals surface area contributed by atoms with Gasteiger partial charge in [0.25, 0.3) is 11.8 Å². The van der Waals surface area contributed by atoms with Crippen LogP contribution in [0.4, 0.5) is 19.1 Å². The standard InChI is InChI=1S/C20H16ClF3N4O2/c21-11-5-25-18(26-6-11)27-14(29)7-28-9-19(8-20(19,23)24)15-13(17(28)30)4-3-12(16(15)22)10-1-2-10/h3-6,10H,1-2,7-9H2,(H,25,26,27,29)/t19-/m0/s1. The first-order chi connectivity index (χ1) is 14.2. The maximum absolute atomic E-state index is 15.2. The summed E-state index contributed by atoms with van der Waals surface area (Å²) in [6.07, 6.45) is 3.64. The van der Waals surface area contributed by atoms with E-state index in [-0.39, 0.29) is 28.0 Å². The maximum atomic E-state index is 15.2. The zero-order valence-corrected chi connectivity index (χ0v) is 16.3. The minimum absolute atomic E-state index is 0.0259. The summed E-state index contributed by atoms with van der Waals surface area (Å²) in [6.45, 7) is -0.903. The number of fused-ring (bicyclic) bond motifs is 2. The summed E-state index contributed by atoms with van der Waals surface area (Å²) in [5, 5.41) is 2.68. The van der Waals surface area contributed by atoms with E-state index in [1.165, 1.54) is 24.5 Å². The topological polar surface area (TPSA) is 75.2 Å². The Morgan fingerprint density at radius 3 is 2.53 bits per heavy atom. The molecule has 1 N–H and O–H groups in total. The van der Waals surface area contributed by atoms with E-state index in [4.69, 9.17) is 11.6 Å². The highest BCUT2D eigenvalue weighted by atomic mass is 35.5. The second-order valence-corrected chi connectivity index (χ2v) is 8.50. The van der Waals surface area contributed by atoms with Gasteiger partial charge >= 0.3 is 0 Å². The minimum atomic E-state index is -3.14. The molecule has 2 heterocycles. The third kappa shape index (κ3) is 2.94. The Balaban J connectivity index is 1.44. The van der Waals surface area contributed by atoms with Crippen molar-refractivity contribution >= 4 is 29.4 Å². The average molecular weight is 437 g/mol. The molecule has 1 aromatic heterocycles. The number of hydrogen-bond acceptors (Lipinski definition) is 4. The van der Waals surface area contributed by atoms with E-state index in [0.29, 0.717) is 5.56 Å². The molecule has 2 saturated carbocycles. The van der Waals surface area contributed by atoms with Crippen LogP contribution in [0.25, 0.3) is 0 Å². The third-order valence-electron chi connectivity index (χ3n) is 5.95. The molecule has 30 heavy (non-hydrogen) atoms. The first-order valence-electron chi connectivity index (χ1n) is 9.49. The van der Waals surface area contributed by atoms with Gasteiger partial charge in [0.15, 0.2) is 0 Å². The fourth-order valence-electron chi connectivity index (χ4n) is 4.21. The predicted molar refractivity (Wildman–Crippen MR) is 101 cm³/mol. The smallest absolute Gasteiger partial charge is 0.260 e. The molecule has 2 aliphatic carbocycles. The summed E-state index contributed by atoms with van der Waals surface area (Å²) in [6, 6.07) is 2.92. The van der Waals surface area contributed by atoms with Gasteiger partial charge in [-0.2, -0.15) is 0 Å². The zero-order valence-electron chi connectivity index (χ0n) is 15.6. The van der Waals surface area contributed by atoms with Crippen molar-refractivity contribution in [1.82, 2.24) is 14.9 Å². The van der Waals surface area contributed by atoms with Crippen LogP contribution >= 0.6 is 11.6 Å². The van der Waals surface area contributed by atoms with Crippen molar-refractivity contribution in [3.63, 3.8) is 0 Å². The van der Waals surface area contributed by atoms with Crippen molar-refractivity contribution < 1.29 is 22.8 Å². The van der Waals surface area contributed by atoms with Crippen molar-refractivity contribution in [3.8, 4) is 0 Å². The summed E-state index contributed by atoms with van der Waals surface area (Å²) in [5.41, 5.74) is -1.69. The van der Waals surface area contributed by atoms with Gasteiger partial charge in [-0.25, -0.2) is 23.1 Å². The lowest BCUT2D eigenvalue weighted by Gasteiger charge is -2.35. The number of benzene rings is 1. The number of nitrogens with one attached hydrogen (secondary N) is 1. The molecular formula is C20H16ClF3N4O2. The predicted octanol–water partition coefficient (Wildman–Crippen LogP) is 3.52. The van der Waals surface area contributed by atoms with Crippen LogP contribution in [0.5, 0.6) is 0 Å². The quantitative estimate of drug-likeness (QED) is 0.795. The molecule has 0 bridgehead atoms. The number of amides is 2. The highest BCUT2D eigenvalue weighted by molar-refractivity contribution is 6.30. The van der Waals surface area contributed by atoms with Gasteiger partial charge in [-0.1, -0.05) is 17.7 Å². The molecule has 156 valence electrons. The second-order valence-electron chi connectivity index (χ2n) is 8.06. The lowest BCUT2D eigenvalue weighted by atomic mass is 9.83. The maximum Gasteiger partial charge on any atom is 0.260 e. The van der Waals surface area contributed by atoms with Gasteiger partial charge in [0.2, 0.25) is 11.9 Å². The Labute approximate surface area is 174 Å². The molecule has 10 heteroatoms. The molecule has 0 saturated heterocycles. The minimum Gasteiger partial charge on any atom is -0.328 e. The van der Waals surface area contributed by atoms with Crippen LogP contribution in [0, 0.1) is 5.82 Å². The number of rotatable bonds is 4. The number of halogens is 4. The summed E-state index contributed by atoms with van der Waals surface area (Å²) >= 11 is 5.69. The van der Waals surface area contributed by atoms with Gasteiger partial charge in [-0.05, 0) is 30.4 Å². The van der Waals surface area contributed by atoms with Crippen molar-refractivity contribution in [2.24, 2.45) is 0 Å². The first kappa shape index (κ1) is 19.3. The average Bonchev–Trinajstić information content (AvgIpc) is 3.59. The molecule has 0 unspecified atom stereocenters. The summed E-state index contributed by atoms with van der Waals surface area (Å²) in [4.78, 5) is 34.0. The van der Waals surface area contributed by atoms with E-state index in [1.807, 2.05) is 0 Å². The van der Waals surface area contributed by atoms with Gasteiger partial charge in [0.1, 0.15) is 12.4 Å². The number of carbonyl (C=O) groups is 2. The number of hydrogen-bond donors (Lipinski definition) is 1. The SMILES string of the molecule is O=C(CN1C[C@@]2(CC2(F)F)c2c(ccc(C3CC3)c2F)C1=O)Nc1ncc(Cl)cn1. The summed E-state index contributed by atoms with van der Waals surface area (Å²) in [5.74, 6) is -5.13. The monoisotopic (exact) mass is 436 g/mol. The normalized spacial score (nSPS) is 24.0. The number of aromatic nitrogens is 2. The molecular weight excluding hydrogens is 421 g/mol. The molecule has 1 aromatic carbocycles. The number of carbonyl (C=O) groups excluding carboxylic acids is 2. The van der Waals surface area contributed by atoms with Gasteiger partial charge in [0, 0.05) is 24.1 Å². The molecule has 2 fully saturated rings. The molecule has 2 amide bonds. The fraction of sp³-hybridized carbons (Fsp3) is 0.400. The Morgan fingerprint density at radius 1 is 1.27 bits per heavy atom. The molecule has 1 aliphatic heterocycles. The Kier molecular flexibility index (Phi) is 4.12. The van der Waals surface area contributed by atoms with E-state index in [2.05, 4.69) is 15.3 Å². The molecule has 1 atom stereocenters. The van der Waals surface area contributed by atoms with Gasteiger partial charge in [0.05, 0.1) is 22.8 Å². The van der Waals surface area contributed by atoms with Crippen molar-refractivity contribution in [1.29, 1.82) is 0 Å². The highest BCUT2D eigenvalue weighted by Gasteiger charge is 2.75. The van der Waals surface area contributed by atoms with E-state index >= 15 is 4.39 Å². The van der Waals surface area contributed by atoms with Crippen molar-refractivity contribution in [3.05, 3.63) is 52.1 Å². The zero-order chi connectivity index (χ0) is 21.3. The van der Waals surface area contributed by atoms with Crippen molar-refractivity contribution in [2.45, 2.75) is 36.5 Å². The Bertz CT molecular complexity index is 1070. The Morgan fingerprint density at radius 2 is 1.93 bits per heavy atom. The van der Waals surface area contributed by atoms with E-state index in [0.717, 1.165) is 17.7 Å². The molecule has 1 spiro atoms. The lowest BCUT2D eigenvalue weighted by molar-refractivity contribution is -0.117. The van der Waals surface area contributed by atoms with Crippen LogP contribution in [0.1, 0.15) is 46.7 Å². The first-order valence-corrected chi connectivity index (χ1v) is 9.87. The van der Waals surface area contributed by atoms with Gasteiger partial charge in [-0.3, -0.25) is 14.9 Å². The highest BCUT2D eigenvalue weighted by Crippen LogP contribution is 2.65. The van der Waals surface area contributed by atoms with Gasteiger partial charge < -0.3 is 4.90 Å². The fourth-order valence-corrected chi connectivity index (χ4v) is 4.31. The summed E-state index contributed by atoms with van der Waals surface area (Å²) < 4.78 is 44.1. The van der Waals surface area contributed by atoms with Crippen LogP contribution in [-0.4, -0.2) is 45.7 Å². The number of anilines is 1. The van der Waals surface area contributed by atoms with Gasteiger partial charge in [-0.15, -0.1) is 0 Å². The summed E-state index contributed by atoms with van der Waals surface area (Å²) in [7, 11) is 0. The van der Waals surface area contributed by atoms with Crippen LogP contribution in [0.3, 0.4) is 0 Å². The molecule has 0 radical (unpaired) electrons. The molecule has 5 rings (SSSR count). The molecule has 2 aromatic rings. The van der Waals surface area contributed by atoms with E-state index in [1.54, 1.807) is 0 Å². The number of nitrogens with zero attached hydrogens (tertiary/aromatic N) is 3. The van der Waals surface area contributed by atoms with Crippen molar-refractivity contribution in [2.75, 3.05) is 18.4 Å². The van der Waals surface area contributed by atoms with Crippen LogP contribution in [0.2, 0.25) is 5.02 Å².